The molecule has 3 nitrogen and oxygen atoms in total. The molecule has 0 aliphatic heterocycles. The molecule has 0 fully saturated rings. The van der Waals surface area contributed by atoms with Crippen LogP contribution in [0.5, 0.6) is 0 Å². The topological polar surface area (TPSA) is 41.6 Å². The van der Waals surface area contributed by atoms with Gasteiger partial charge in [-0.3, -0.25) is 4.98 Å². The Morgan fingerprint density at radius 2 is 2.08 bits per heavy atom. The van der Waals surface area contributed by atoms with E-state index in [2.05, 4.69) is 15.0 Å². The van der Waals surface area contributed by atoms with Crippen molar-refractivity contribution in [2.45, 2.75) is 13.8 Å². The van der Waals surface area contributed by atoms with Crippen LogP contribution < -0.4 is 0 Å². The lowest BCUT2D eigenvalue weighted by molar-refractivity contribution is 1.19. The van der Waals surface area contributed by atoms with Crippen molar-refractivity contribution >= 4 is 0 Å². The molecule has 2 rings (SSSR count). The van der Waals surface area contributed by atoms with E-state index in [1.54, 1.807) is 12.4 Å². The van der Waals surface area contributed by atoms with Crippen LogP contribution in [-0.4, -0.2) is 15.0 Å². The summed E-state index contributed by atoms with van der Waals surface area (Å²) < 4.78 is 0. The van der Waals surface area contributed by atoms with Crippen molar-refractivity contribution < 1.29 is 0 Å². The maximum Gasteiger partial charge on any atom is 0.156 e. The van der Waals surface area contributed by atoms with Crippen molar-refractivity contribution in [1.29, 1.82) is 0 Å². The van der Waals surface area contributed by atoms with Crippen molar-refractivity contribution in [2.75, 3.05) is 0 Å². The molecule has 0 aromatic carbocycles. The van der Waals surface area contributed by atoms with Crippen LogP contribution in [0.3, 0.4) is 0 Å². The van der Waals surface area contributed by atoms with E-state index in [1.807, 2.05) is 26.0 Å². The van der Waals surface area contributed by atoms with E-state index in [4.69, 9.17) is 0 Å². The van der Waals surface area contributed by atoms with Gasteiger partial charge in [-0.05, 0) is 31.5 Å². The van der Waals surface area contributed by atoms with Gasteiger partial charge in [-0.1, -0.05) is 0 Å². The summed E-state index contributed by atoms with van der Waals surface area (Å²) in [6.45, 7) is 4.02. The fourth-order valence-electron chi connectivity index (χ4n) is 1.21. The Morgan fingerprint density at radius 3 is 2.69 bits per heavy atom. The number of rotatable bonds is 1. The summed E-state index contributed by atoms with van der Waals surface area (Å²) in [5.41, 5.74) is 3.14. The number of nitrogens with one attached hydrogen (secondary N) is 1. The van der Waals surface area contributed by atoms with Crippen molar-refractivity contribution in [3.63, 3.8) is 0 Å². The van der Waals surface area contributed by atoms with Crippen LogP contribution in [-0.2, 0) is 0 Å². The molecule has 0 saturated carbocycles. The maximum atomic E-state index is 4.23. The lowest BCUT2D eigenvalue weighted by atomic mass is 10.2. The predicted molar refractivity (Wildman–Crippen MR) is 51.3 cm³/mol. The Kier molecular flexibility index (Phi) is 1.85. The zero-order chi connectivity index (χ0) is 9.26. The smallest absolute Gasteiger partial charge is 0.156 e. The minimum Gasteiger partial charge on any atom is -0.341 e. The second-order valence-electron chi connectivity index (χ2n) is 3.13. The van der Waals surface area contributed by atoms with Crippen molar-refractivity contribution in [1.82, 2.24) is 15.0 Å². The van der Waals surface area contributed by atoms with Crippen molar-refractivity contribution in [3.8, 4) is 11.5 Å². The van der Waals surface area contributed by atoms with Gasteiger partial charge in [0.2, 0.25) is 0 Å². The highest BCUT2D eigenvalue weighted by Crippen LogP contribution is 2.13. The average molecular weight is 173 g/mol. The van der Waals surface area contributed by atoms with Crippen LogP contribution in [0.15, 0.2) is 24.5 Å². The summed E-state index contributed by atoms with van der Waals surface area (Å²) in [7, 11) is 0. The van der Waals surface area contributed by atoms with E-state index in [0.717, 1.165) is 17.2 Å². The minimum atomic E-state index is 0.834. The number of hydrogen-bond donors (Lipinski definition) is 1. The van der Waals surface area contributed by atoms with E-state index in [0.29, 0.717) is 0 Å². The fourth-order valence-corrected chi connectivity index (χ4v) is 1.21. The van der Waals surface area contributed by atoms with E-state index < -0.39 is 0 Å². The van der Waals surface area contributed by atoms with Gasteiger partial charge in [0.15, 0.2) is 5.82 Å². The van der Waals surface area contributed by atoms with Gasteiger partial charge in [-0.25, -0.2) is 4.98 Å². The first-order valence-electron chi connectivity index (χ1n) is 4.20. The summed E-state index contributed by atoms with van der Waals surface area (Å²) in [5.74, 6) is 0.834. The molecule has 0 bridgehead atoms. The van der Waals surface area contributed by atoms with Crippen molar-refractivity contribution in [3.05, 3.63) is 35.8 Å². The third-order valence-corrected chi connectivity index (χ3v) is 1.86. The molecule has 1 N–H and O–H groups in total. The van der Waals surface area contributed by atoms with E-state index in [1.165, 1.54) is 5.56 Å². The molecule has 0 spiro atoms. The first-order valence-corrected chi connectivity index (χ1v) is 4.20. The van der Waals surface area contributed by atoms with E-state index >= 15 is 0 Å². The Labute approximate surface area is 76.9 Å². The molecule has 0 unspecified atom stereocenters. The third kappa shape index (κ3) is 1.59. The first-order chi connectivity index (χ1) is 6.25. The second-order valence-corrected chi connectivity index (χ2v) is 3.13. The number of nitrogens with zero attached hydrogens (tertiary/aromatic N) is 2. The number of hydrogen-bond acceptors (Lipinski definition) is 2. The fraction of sp³-hybridized carbons (Fsp3) is 0.200. The number of pyridine rings is 1. The number of imidazole rings is 1. The van der Waals surface area contributed by atoms with Crippen LogP contribution >= 0.6 is 0 Å². The summed E-state index contributed by atoms with van der Waals surface area (Å²) in [6.07, 6.45) is 3.60. The van der Waals surface area contributed by atoms with Crippen molar-refractivity contribution in [2.24, 2.45) is 0 Å². The molecule has 0 aliphatic carbocycles. The largest absolute Gasteiger partial charge is 0.341 e. The van der Waals surface area contributed by atoms with Gasteiger partial charge in [-0.15, -0.1) is 0 Å². The highest BCUT2D eigenvalue weighted by atomic mass is 14.9. The molecule has 0 amide bonds. The van der Waals surface area contributed by atoms with Gasteiger partial charge in [-0.2, -0.15) is 0 Å². The Balaban J connectivity index is 2.46. The molecule has 0 atom stereocenters. The van der Waals surface area contributed by atoms with Gasteiger partial charge < -0.3 is 4.98 Å². The number of aryl methyl sites for hydroxylation is 2. The molecular formula is C10H11N3. The predicted octanol–water partition coefficient (Wildman–Crippen LogP) is 2.09. The van der Waals surface area contributed by atoms with Gasteiger partial charge in [0.05, 0.1) is 0 Å². The summed E-state index contributed by atoms with van der Waals surface area (Å²) >= 11 is 0. The number of H-pyrrole nitrogens is 1. The molecule has 0 radical (unpaired) electrons. The van der Waals surface area contributed by atoms with Crippen LogP contribution in [0.25, 0.3) is 11.5 Å². The highest BCUT2D eigenvalue weighted by molar-refractivity contribution is 5.50. The van der Waals surface area contributed by atoms with Crippen LogP contribution in [0.4, 0.5) is 0 Å². The molecule has 0 aliphatic rings. The maximum absolute atomic E-state index is 4.23. The zero-order valence-corrected chi connectivity index (χ0v) is 7.70. The normalized spacial score (nSPS) is 10.3. The Bertz CT molecular complexity index is 418. The van der Waals surface area contributed by atoms with Gasteiger partial charge >= 0.3 is 0 Å². The lowest BCUT2D eigenvalue weighted by Crippen LogP contribution is -1.86. The molecular weight excluding hydrogens is 162 g/mol. The summed E-state index contributed by atoms with van der Waals surface area (Å²) in [4.78, 5) is 11.6. The molecule has 2 heterocycles. The Morgan fingerprint density at radius 1 is 1.23 bits per heavy atom. The van der Waals surface area contributed by atoms with Crippen LogP contribution in [0.1, 0.15) is 11.3 Å². The SMILES string of the molecule is Cc1ccnc(-c2ncc(C)[nH]2)c1. The third-order valence-electron chi connectivity index (χ3n) is 1.86. The van der Waals surface area contributed by atoms with Gasteiger partial charge in [0.25, 0.3) is 0 Å². The number of aromatic amines is 1. The molecule has 3 heteroatoms. The standard InChI is InChI=1S/C10H11N3/c1-7-3-4-11-9(5-7)10-12-6-8(2)13-10/h3-6H,1-2H3,(H,12,13). The molecule has 13 heavy (non-hydrogen) atoms. The van der Waals surface area contributed by atoms with E-state index in [9.17, 15) is 0 Å². The zero-order valence-electron chi connectivity index (χ0n) is 7.70. The highest BCUT2D eigenvalue weighted by Gasteiger charge is 2.01. The summed E-state index contributed by atoms with van der Waals surface area (Å²) in [6, 6.07) is 3.98. The monoisotopic (exact) mass is 173 g/mol. The minimum absolute atomic E-state index is 0.834. The van der Waals surface area contributed by atoms with Crippen LogP contribution in [0, 0.1) is 13.8 Å². The molecule has 66 valence electrons. The van der Waals surface area contributed by atoms with Gasteiger partial charge in [0, 0.05) is 18.1 Å². The van der Waals surface area contributed by atoms with E-state index in [-0.39, 0.29) is 0 Å². The summed E-state index contributed by atoms with van der Waals surface area (Å²) in [5, 5.41) is 0. The lowest BCUT2D eigenvalue weighted by Gasteiger charge is -1.96. The van der Waals surface area contributed by atoms with Gasteiger partial charge in [0.1, 0.15) is 5.69 Å². The van der Waals surface area contributed by atoms with Crippen LogP contribution in [0.2, 0.25) is 0 Å². The Hall–Kier alpha value is -1.64. The molecule has 0 saturated heterocycles. The second kappa shape index (κ2) is 3.01. The quantitative estimate of drug-likeness (QED) is 0.717. The first kappa shape index (κ1) is 7.98. The molecule has 2 aromatic heterocycles. The number of aromatic nitrogens is 3. The average Bonchev–Trinajstić information content (AvgIpc) is 2.52. The molecule has 2 aromatic rings.